The van der Waals surface area contributed by atoms with Crippen LogP contribution in [-0.4, -0.2) is 61.8 Å². The second-order valence-electron chi connectivity index (χ2n) is 8.20. The molecule has 0 saturated carbocycles. The highest BCUT2D eigenvalue weighted by atomic mass is 35.5. The maximum Gasteiger partial charge on any atom is 0.260 e. The smallest absolute Gasteiger partial charge is 0.260 e. The number of amides is 1. The molecule has 0 radical (unpaired) electrons. The van der Waals surface area contributed by atoms with Gasteiger partial charge in [-0.15, -0.1) is 0 Å². The van der Waals surface area contributed by atoms with E-state index in [1.165, 1.54) is 11.3 Å². The largest absolute Gasteiger partial charge is 0.494 e. The minimum Gasteiger partial charge on any atom is -0.494 e. The van der Waals surface area contributed by atoms with E-state index in [1.54, 1.807) is 4.90 Å². The number of thiazole rings is 1. The molecular formula is C25H30ClN3O3S. The zero-order valence-corrected chi connectivity index (χ0v) is 20.8. The SMILES string of the molecule is CCCCOc1ccc(C(=O)N(CCN2CCOCC2)c2nc3c(C)cc(Cl)cc3s2)cc1. The number of nitrogens with zero attached hydrogens (tertiary/aromatic N) is 3. The summed E-state index contributed by atoms with van der Waals surface area (Å²) < 4.78 is 12.2. The van der Waals surface area contributed by atoms with Crippen LogP contribution in [0, 0.1) is 6.92 Å². The Hall–Kier alpha value is -2.19. The zero-order chi connectivity index (χ0) is 23.2. The van der Waals surface area contributed by atoms with Gasteiger partial charge in [0.25, 0.3) is 5.91 Å². The number of carbonyl (C=O) groups is 1. The van der Waals surface area contributed by atoms with Crippen molar-refractivity contribution in [1.29, 1.82) is 0 Å². The first-order valence-corrected chi connectivity index (χ1v) is 12.7. The monoisotopic (exact) mass is 487 g/mol. The molecule has 6 nitrogen and oxygen atoms in total. The summed E-state index contributed by atoms with van der Waals surface area (Å²) in [5, 5.41) is 1.37. The van der Waals surface area contributed by atoms with Crippen LogP contribution in [0.3, 0.4) is 0 Å². The van der Waals surface area contributed by atoms with E-state index in [-0.39, 0.29) is 5.91 Å². The molecule has 176 valence electrons. The number of halogens is 1. The third-order valence-corrected chi connectivity index (χ3v) is 6.97. The van der Waals surface area contributed by atoms with E-state index in [9.17, 15) is 4.79 Å². The average molecular weight is 488 g/mol. The van der Waals surface area contributed by atoms with Crippen LogP contribution in [0.1, 0.15) is 35.7 Å². The summed E-state index contributed by atoms with van der Waals surface area (Å²) >= 11 is 7.76. The molecule has 1 saturated heterocycles. The molecule has 0 spiro atoms. The van der Waals surface area contributed by atoms with Gasteiger partial charge < -0.3 is 9.47 Å². The van der Waals surface area contributed by atoms with Crippen molar-refractivity contribution in [3.63, 3.8) is 0 Å². The lowest BCUT2D eigenvalue weighted by Crippen LogP contribution is -2.43. The van der Waals surface area contributed by atoms with Crippen LogP contribution >= 0.6 is 22.9 Å². The van der Waals surface area contributed by atoms with Crippen molar-refractivity contribution in [3.05, 3.63) is 52.5 Å². The summed E-state index contributed by atoms with van der Waals surface area (Å²) in [5.41, 5.74) is 2.52. The highest BCUT2D eigenvalue weighted by Crippen LogP contribution is 2.33. The second kappa shape index (κ2) is 11.3. The molecule has 0 atom stereocenters. The number of hydrogen-bond donors (Lipinski definition) is 0. The number of ether oxygens (including phenoxy) is 2. The Morgan fingerprint density at radius 3 is 2.73 bits per heavy atom. The van der Waals surface area contributed by atoms with Crippen molar-refractivity contribution in [2.45, 2.75) is 26.7 Å². The van der Waals surface area contributed by atoms with Gasteiger partial charge in [0.2, 0.25) is 0 Å². The quantitative estimate of drug-likeness (QED) is 0.377. The third kappa shape index (κ3) is 6.03. The number of carbonyl (C=O) groups excluding carboxylic acids is 1. The molecule has 0 N–H and O–H groups in total. The molecule has 0 bridgehead atoms. The van der Waals surface area contributed by atoms with Gasteiger partial charge in [-0.3, -0.25) is 14.6 Å². The number of unbranched alkanes of at least 4 members (excludes halogenated alkanes) is 1. The van der Waals surface area contributed by atoms with Crippen LogP contribution < -0.4 is 9.64 Å². The van der Waals surface area contributed by atoms with Crippen molar-refractivity contribution in [2.24, 2.45) is 0 Å². The summed E-state index contributed by atoms with van der Waals surface area (Å²) in [7, 11) is 0. The Labute approximate surface area is 204 Å². The van der Waals surface area contributed by atoms with Crippen LogP contribution in [0.15, 0.2) is 36.4 Å². The van der Waals surface area contributed by atoms with Gasteiger partial charge in [-0.05, 0) is 55.3 Å². The molecule has 0 aliphatic carbocycles. The average Bonchev–Trinajstić information content (AvgIpc) is 3.24. The third-order valence-electron chi connectivity index (χ3n) is 5.73. The molecule has 4 rings (SSSR count). The molecule has 1 aliphatic rings. The lowest BCUT2D eigenvalue weighted by molar-refractivity contribution is 0.0391. The Kier molecular flexibility index (Phi) is 8.20. The Morgan fingerprint density at radius 1 is 1.24 bits per heavy atom. The minimum atomic E-state index is -0.0637. The van der Waals surface area contributed by atoms with E-state index in [1.807, 2.05) is 43.3 Å². The van der Waals surface area contributed by atoms with Crippen LogP contribution in [0.2, 0.25) is 5.02 Å². The molecule has 2 aromatic carbocycles. The number of morpholine rings is 1. The van der Waals surface area contributed by atoms with E-state index >= 15 is 0 Å². The number of rotatable bonds is 9. The van der Waals surface area contributed by atoms with E-state index in [0.717, 1.165) is 67.2 Å². The molecule has 0 unspecified atom stereocenters. The maximum absolute atomic E-state index is 13.6. The molecule has 8 heteroatoms. The first kappa shape index (κ1) is 24.0. The van der Waals surface area contributed by atoms with Crippen molar-refractivity contribution in [1.82, 2.24) is 9.88 Å². The van der Waals surface area contributed by atoms with Gasteiger partial charge >= 0.3 is 0 Å². The molecule has 1 aromatic heterocycles. The summed E-state index contributed by atoms with van der Waals surface area (Å²) in [4.78, 5) is 22.5. The molecular weight excluding hydrogens is 458 g/mol. The first-order chi connectivity index (χ1) is 16.0. The lowest BCUT2D eigenvalue weighted by atomic mass is 10.2. The number of fused-ring (bicyclic) bond motifs is 1. The fourth-order valence-corrected chi connectivity index (χ4v) is 5.24. The summed E-state index contributed by atoms with van der Waals surface area (Å²) in [5.74, 6) is 0.719. The predicted octanol–water partition coefficient (Wildman–Crippen LogP) is 5.42. The number of benzene rings is 2. The molecule has 33 heavy (non-hydrogen) atoms. The highest BCUT2D eigenvalue weighted by molar-refractivity contribution is 7.22. The first-order valence-electron chi connectivity index (χ1n) is 11.5. The van der Waals surface area contributed by atoms with E-state index in [4.69, 9.17) is 26.1 Å². The van der Waals surface area contributed by atoms with Crippen LogP contribution in [0.4, 0.5) is 5.13 Å². The molecule has 1 aliphatic heterocycles. The lowest BCUT2D eigenvalue weighted by Gasteiger charge is -2.29. The molecule has 1 amide bonds. The zero-order valence-electron chi connectivity index (χ0n) is 19.2. The molecule has 3 aromatic rings. The van der Waals surface area contributed by atoms with Gasteiger partial charge in [0.1, 0.15) is 5.75 Å². The fraction of sp³-hybridized carbons (Fsp3) is 0.440. The number of aromatic nitrogens is 1. The highest BCUT2D eigenvalue weighted by Gasteiger charge is 2.23. The van der Waals surface area contributed by atoms with Gasteiger partial charge in [-0.2, -0.15) is 0 Å². The normalized spacial score (nSPS) is 14.5. The van der Waals surface area contributed by atoms with E-state index in [2.05, 4.69) is 11.8 Å². The number of anilines is 1. The Bertz CT molecular complexity index is 1080. The molecule has 2 heterocycles. The standard InChI is InChI=1S/C25H30ClN3O3S/c1-3-4-13-32-21-7-5-19(6-8-21)24(30)29(10-9-28-11-14-31-15-12-28)25-27-23-18(2)16-20(26)17-22(23)33-25/h5-8,16-17H,3-4,9-15H2,1-2H3. The van der Waals surface area contributed by atoms with Gasteiger partial charge in [-0.25, -0.2) is 4.98 Å². The number of aryl methyl sites for hydroxylation is 1. The van der Waals surface area contributed by atoms with Gasteiger partial charge in [0.15, 0.2) is 5.13 Å². The predicted molar refractivity (Wildman–Crippen MR) is 135 cm³/mol. The maximum atomic E-state index is 13.6. The number of hydrogen-bond acceptors (Lipinski definition) is 6. The van der Waals surface area contributed by atoms with E-state index in [0.29, 0.717) is 28.9 Å². The summed E-state index contributed by atoms with van der Waals surface area (Å²) in [6.45, 7) is 9.34. The van der Waals surface area contributed by atoms with Crippen LogP contribution in [-0.2, 0) is 4.74 Å². The van der Waals surface area contributed by atoms with Crippen molar-refractivity contribution < 1.29 is 14.3 Å². The Balaban J connectivity index is 1.58. The summed E-state index contributed by atoms with van der Waals surface area (Å²) in [6, 6.07) is 11.2. The van der Waals surface area contributed by atoms with Crippen molar-refractivity contribution in [3.8, 4) is 5.75 Å². The minimum absolute atomic E-state index is 0.0637. The van der Waals surface area contributed by atoms with Gasteiger partial charge in [-0.1, -0.05) is 36.3 Å². The second-order valence-corrected chi connectivity index (χ2v) is 9.65. The van der Waals surface area contributed by atoms with Crippen LogP contribution in [0.5, 0.6) is 5.75 Å². The van der Waals surface area contributed by atoms with Crippen molar-refractivity contribution >= 4 is 44.2 Å². The topological polar surface area (TPSA) is 54.9 Å². The fourth-order valence-electron chi connectivity index (χ4n) is 3.79. The van der Waals surface area contributed by atoms with Crippen LogP contribution in [0.25, 0.3) is 10.2 Å². The Morgan fingerprint density at radius 2 is 2.00 bits per heavy atom. The van der Waals surface area contributed by atoms with E-state index < -0.39 is 0 Å². The van der Waals surface area contributed by atoms with Gasteiger partial charge in [0.05, 0.1) is 30.0 Å². The summed E-state index contributed by atoms with van der Waals surface area (Å²) in [6.07, 6.45) is 2.10. The molecule has 1 fully saturated rings. The van der Waals surface area contributed by atoms with Gasteiger partial charge in [0, 0.05) is 36.8 Å². The van der Waals surface area contributed by atoms with Crippen molar-refractivity contribution in [2.75, 3.05) is 50.9 Å².